The van der Waals surface area contributed by atoms with E-state index in [1.165, 1.54) is 5.71 Å². The predicted molar refractivity (Wildman–Crippen MR) is 65.7 cm³/mol. The van der Waals surface area contributed by atoms with E-state index in [9.17, 15) is 0 Å². The summed E-state index contributed by atoms with van der Waals surface area (Å²) in [7, 11) is 0. The fourth-order valence-corrected chi connectivity index (χ4v) is 1.95. The second-order valence-electron chi connectivity index (χ2n) is 4.07. The maximum atomic E-state index is 6.12. The largest absolute Gasteiger partial charge is 0.264 e. The minimum absolute atomic E-state index is 0.525. The van der Waals surface area contributed by atoms with Crippen molar-refractivity contribution < 1.29 is 0 Å². The summed E-state index contributed by atoms with van der Waals surface area (Å²) in [5.74, 6) is 0.525. The van der Waals surface area contributed by atoms with Gasteiger partial charge in [0, 0.05) is 18.7 Å². The maximum absolute atomic E-state index is 6.12. The minimum atomic E-state index is 0.525. The Hall–Kier alpha value is -1.02. The van der Waals surface area contributed by atoms with Gasteiger partial charge in [-0.3, -0.25) is 5.01 Å². The van der Waals surface area contributed by atoms with Crippen LogP contribution in [0, 0.1) is 5.92 Å². The van der Waals surface area contributed by atoms with Crippen LogP contribution >= 0.6 is 11.6 Å². The third-order valence-electron chi connectivity index (χ3n) is 2.63. The van der Waals surface area contributed by atoms with Crippen LogP contribution in [-0.2, 0) is 0 Å². The van der Waals surface area contributed by atoms with Crippen molar-refractivity contribution in [2.24, 2.45) is 11.0 Å². The van der Waals surface area contributed by atoms with Gasteiger partial charge in [0.05, 0.1) is 10.7 Å². The molecule has 2 rings (SSSR count). The Morgan fingerprint density at radius 1 is 1.33 bits per heavy atom. The van der Waals surface area contributed by atoms with Crippen molar-refractivity contribution in [1.29, 1.82) is 0 Å². The molecule has 0 amide bonds. The Bertz CT molecular complexity index is 385. The molecule has 1 aliphatic heterocycles. The average Bonchev–Trinajstić information content (AvgIpc) is 2.67. The molecule has 80 valence electrons. The molecule has 0 unspecified atom stereocenters. The standard InChI is InChI=1S/C12H15ClN2/c1-9(2)11-7-8-15(14-11)12-6-4-3-5-10(12)13/h3-6,9H,7-8H2,1-2H3. The summed E-state index contributed by atoms with van der Waals surface area (Å²) < 4.78 is 0. The van der Waals surface area contributed by atoms with Crippen LogP contribution in [0.4, 0.5) is 5.69 Å². The lowest BCUT2D eigenvalue weighted by Gasteiger charge is -2.14. The van der Waals surface area contributed by atoms with Gasteiger partial charge in [-0.2, -0.15) is 5.10 Å². The molecular weight excluding hydrogens is 208 g/mol. The van der Waals surface area contributed by atoms with Crippen LogP contribution in [0.2, 0.25) is 5.02 Å². The Morgan fingerprint density at radius 2 is 2.07 bits per heavy atom. The second-order valence-corrected chi connectivity index (χ2v) is 4.48. The lowest BCUT2D eigenvalue weighted by molar-refractivity contribution is 0.868. The number of hydrazone groups is 1. The molecule has 2 nitrogen and oxygen atoms in total. The van der Waals surface area contributed by atoms with Gasteiger partial charge in [-0.25, -0.2) is 0 Å². The van der Waals surface area contributed by atoms with Crippen LogP contribution in [0.1, 0.15) is 20.3 Å². The van der Waals surface area contributed by atoms with E-state index in [4.69, 9.17) is 11.6 Å². The molecule has 3 heteroatoms. The second kappa shape index (κ2) is 4.23. The first-order valence-electron chi connectivity index (χ1n) is 5.28. The minimum Gasteiger partial charge on any atom is -0.264 e. The van der Waals surface area contributed by atoms with Gasteiger partial charge in [0.2, 0.25) is 0 Å². The molecule has 0 atom stereocenters. The zero-order valence-corrected chi connectivity index (χ0v) is 9.83. The average molecular weight is 223 g/mol. The fraction of sp³-hybridized carbons (Fsp3) is 0.417. The quantitative estimate of drug-likeness (QED) is 0.747. The highest BCUT2D eigenvalue weighted by Gasteiger charge is 2.19. The third kappa shape index (κ3) is 2.15. The van der Waals surface area contributed by atoms with Crippen LogP contribution in [0.15, 0.2) is 29.4 Å². The van der Waals surface area contributed by atoms with Gasteiger partial charge in [-0.05, 0) is 18.1 Å². The maximum Gasteiger partial charge on any atom is 0.0780 e. The van der Waals surface area contributed by atoms with E-state index in [0.717, 1.165) is 23.7 Å². The van der Waals surface area contributed by atoms with Crippen molar-refractivity contribution in [1.82, 2.24) is 0 Å². The molecule has 1 heterocycles. The molecule has 1 aromatic carbocycles. The number of nitrogens with zero attached hydrogens (tertiary/aromatic N) is 2. The summed E-state index contributed by atoms with van der Waals surface area (Å²) in [6, 6.07) is 7.84. The number of hydrogen-bond acceptors (Lipinski definition) is 2. The van der Waals surface area contributed by atoms with E-state index in [1.807, 2.05) is 29.3 Å². The van der Waals surface area contributed by atoms with Gasteiger partial charge in [-0.1, -0.05) is 37.6 Å². The van der Waals surface area contributed by atoms with Crippen molar-refractivity contribution in [2.75, 3.05) is 11.6 Å². The van der Waals surface area contributed by atoms with Crippen molar-refractivity contribution in [2.45, 2.75) is 20.3 Å². The molecule has 1 aromatic rings. The summed E-state index contributed by atoms with van der Waals surface area (Å²) in [6.45, 7) is 5.29. The van der Waals surface area contributed by atoms with Crippen LogP contribution in [0.5, 0.6) is 0 Å². The van der Waals surface area contributed by atoms with Crippen molar-refractivity contribution in [3.05, 3.63) is 29.3 Å². The van der Waals surface area contributed by atoms with E-state index >= 15 is 0 Å². The Labute approximate surface area is 95.5 Å². The smallest absolute Gasteiger partial charge is 0.0780 e. The van der Waals surface area contributed by atoms with E-state index < -0.39 is 0 Å². The molecule has 1 aliphatic rings. The number of anilines is 1. The molecule has 0 spiro atoms. The zero-order valence-electron chi connectivity index (χ0n) is 9.07. The van der Waals surface area contributed by atoms with Crippen molar-refractivity contribution in [3.63, 3.8) is 0 Å². The first-order chi connectivity index (χ1) is 7.18. The summed E-state index contributed by atoms with van der Waals surface area (Å²) in [6.07, 6.45) is 1.04. The van der Waals surface area contributed by atoms with Crippen molar-refractivity contribution in [3.8, 4) is 0 Å². The molecule has 0 saturated carbocycles. The molecule has 0 aliphatic carbocycles. The molecule has 0 saturated heterocycles. The summed E-state index contributed by atoms with van der Waals surface area (Å²) in [5.41, 5.74) is 2.27. The van der Waals surface area contributed by atoms with Gasteiger partial charge in [0.1, 0.15) is 0 Å². The van der Waals surface area contributed by atoms with Gasteiger partial charge in [0.15, 0.2) is 0 Å². The van der Waals surface area contributed by atoms with Gasteiger partial charge in [-0.15, -0.1) is 0 Å². The molecule has 0 radical (unpaired) electrons. The first-order valence-corrected chi connectivity index (χ1v) is 5.65. The van der Waals surface area contributed by atoms with Gasteiger partial charge < -0.3 is 0 Å². The molecular formula is C12H15ClN2. The molecule has 0 aromatic heterocycles. The highest BCUT2D eigenvalue weighted by molar-refractivity contribution is 6.33. The van der Waals surface area contributed by atoms with Gasteiger partial charge in [0.25, 0.3) is 0 Å². The highest BCUT2D eigenvalue weighted by atomic mass is 35.5. The predicted octanol–water partition coefficient (Wildman–Crippen LogP) is 3.56. The highest BCUT2D eigenvalue weighted by Crippen LogP contribution is 2.28. The third-order valence-corrected chi connectivity index (χ3v) is 2.95. The monoisotopic (exact) mass is 222 g/mol. The van der Waals surface area contributed by atoms with E-state index in [1.54, 1.807) is 0 Å². The molecule has 0 bridgehead atoms. The fourth-order valence-electron chi connectivity index (χ4n) is 1.72. The van der Waals surface area contributed by atoms with Crippen LogP contribution in [0.3, 0.4) is 0 Å². The van der Waals surface area contributed by atoms with E-state index in [-0.39, 0.29) is 0 Å². The number of rotatable bonds is 2. The normalized spacial score (nSPS) is 16.0. The Balaban J connectivity index is 2.24. The molecule has 0 fully saturated rings. The number of para-hydroxylation sites is 1. The van der Waals surface area contributed by atoms with Crippen molar-refractivity contribution >= 4 is 23.0 Å². The van der Waals surface area contributed by atoms with Crippen LogP contribution in [0.25, 0.3) is 0 Å². The number of halogens is 1. The summed E-state index contributed by atoms with van der Waals surface area (Å²) >= 11 is 6.12. The number of hydrogen-bond donors (Lipinski definition) is 0. The lowest BCUT2D eigenvalue weighted by atomic mass is 10.1. The molecule has 0 N–H and O–H groups in total. The van der Waals surface area contributed by atoms with Gasteiger partial charge >= 0.3 is 0 Å². The topological polar surface area (TPSA) is 15.6 Å². The first kappa shape index (κ1) is 10.5. The van der Waals surface area contributed by atoms with E-state index in [0.29, 0.717) is 5.92 Å². The lowest BCUT2D eigenvalue weighted by Crippen LogP contribution is -2.11. The summed E-state index contributed by atoms with van der Waals surface area (Å²) in [4.78, 5) is 0. The Kier molecular flexibility index (Phi) is 2.96. The SMILES string of the molecule is CC(C)C1=NN(c2ccccc2Cl)CC1. The molecule has 15 heavy (non-hydrogen) atoms. The van der Waals surface area contributed by atoms with Crippen LogP contribution < -0.4 is 5.01 Å². The summed E-state index contributed by atoms with van der Waals surface area (Å²) in [5, 5.41) is 7.35. The van der Waals surface area contributed by atoms with Crippen LogP contribution in [-0.4, -0.2) is 12.3 Å². The zero-order chi connectivity index (χ0) is 10.8. The van der Waals surface area contributed by atoms with E-state index in [2.05, 4.69) is 18.9 Å². The Morgan fingerprint density at radius 3 is 2.67 bits per heavy atom. The number of benzene rings is 1.